The van der Waals surface area contributed by atoms with Crippen LogP contribution in [0.5, 0.6) is 5.75 Å². The first-order valence-corrected chi connectivity index (χ1v) is 6.53. The van der Waals surface area contributed by atoms with E-state index in [9.17, 15) is 4.79 Å². The number of nitrogens with one attached hydrogen (secondary N) is 1. The van der Waals surface area contributed by atoms with Gasteiger partial charge in [0.15, 0.2) is 6.61 Å². The zero-order valence-electron chi connectivity index (χ0n) is 10.8. The van der Waals surface area contributed by atoms with E-state index in [-0.39, 0.29) is 12.5 Å². The van der Waals surface area contributed by atoms with Gasteiger partial charge in [0, 0.05) is 6.54 Å². The van der Waals surface area contributed by atoms with Gasteiger partial charge < -0.3 is 15.8 Å². The zero-order valence-corrected chi connectivity index (χ0v) is 11.6. The molecule has 0 aromatic heterocycles. The monoisotopic (exact) mass is 290 g/mol. The molecule has 0 spiro atoms. The number of para-hydroxylation sites is 1. The first kappa shape index (κ1) is 14.4. The molecule has 0 bridgehead atoms. The maximum Gasteiger partial charge on any atom is 0.262 e. The summed E-state index contributed by atoms with van der Waals surface area (Å²) in [6.07, 6.45) is 0. The molecule has 0 fully saturated rings. The lowest BCUT2D eigenvalue weighted by molar-refractivity contribution is -0.118. The number of ether oxygens (including phenoxy) is 1. The minimum atomic E-state index is -0.267. The highest BCUT2D eigenvalue weighted by molar-refractivity contribution is 6.33. The smallest absolute Gasteiger partial charge is 0.262 e. The van der Waals surface area contributed by atoms with Crippen LogP contribution in [0.2, 0.25) is 5.02 Å². The molecule has 1 amide bonds. The molecule has 0 atom stereocenters. The summed E-state index contributed by atoms with van der Waals surface area (Å²) < 4.78 is 5.41. The minimum Gasteiger partial charge on any atom is -0.484 e. The first-order chi connectivity index (χ1) is 9.69. The molecule has 0 unspecified atom stereocenters. The number of halogens is 1. The normalized spacial score (nSPS) is 10.1. The molecule has 0 saturated heterocycles. The Morgan fingerprint density at radius 3 is 2.75 bits per heavy atom. The fourth-order valence-corrected chi connectivity index (χ4v) is 1.84. The molecule has 0 aliphatic rings. The Bertz CT molecular complexity index is 602. The molecule has 4 nitrogen and oxygen atoms in total. The fourth-order valence-electron chi connectivity index (χ4n) is 1.66. The van der Waals surface area contributed by atoms with E-state index >= 15 is 0 Å². The molecule has 5 heteroatoms. The number of carbonyl (C=O) groups is 1. The lowest BCUT2D eigenvalue weighted by Gasteiger charge is -2.09. The third-order valence-electron chi connectivity index (χ3n) is 2.65. The van der Waals surface area contributed by atoms with Gasteiger partial charge in [0.1, 0.15) is 5.75 Å². The zero-order chi connectivity index (χ0) is 14.4. The van der Waals surface area contributed by atoms with Gasteiger partial charge in [-0.3, -0.25) is 4.79 Å². The third kappa shape index (κ3) is 3.98. The van der Waals surface area contributed by atoms with Gasteiger partial charge in [0.2, 0.25) is 0 Å². The van der Waals surface area contributed by atoms with E-state index in [1.807, 2.05) is 18.2 Å². The Balaban J connectivity index is 1.90. The highest BCUT2D eigenvalue weighted by Gasteiger charge is 2.06. The van der Waals surface area contributed by atoms with Crippen molar-refractivity contribution in [3.05, 3.63) is 59.1 Å². The topological polar surface area (TPSA) is 64.3 Å². The molecular formula is C15H15ClN2O2. The summed E-state index contributed by atoms with van der Waals surface area (Å²) >= 11 is 5.96. The summed E-state index contributed by atoms with van der Waals surface area (Å²) in [4.78, 5) is 11.8. The Morgan fingerprint density at radius 1 is 1.20 bits per heavy atom. The van der Waals surface area contributed by atoms with E-state index in [2.05, 4.69) is 5.32 Å². The molecule has 3 N–H and O–H groups in total. The van der Waals surface area contributed by atoms with Crippen LogP contribution in [0.3, 0.4) is 0 Å². The molecular weight excluding hydrogens is 276 g/mol. The lowest BCUT2D eigenvalue weighted by atomic mass is 10.2. The van der Waals surface area contributed by atoms with E-state index in [4.69, 9.17) is 22.1 Å². The number of hydrogen-bond acceptors (Lipinski definition) is 3. The molecule has 0 radical (unpaired) electrons. The Labute approximate surface area is 122 Å². The number of benzene rings is 2. The predicted molar refractivity (Wildman–Crippen MR) is 79.9 cm³/mol. The maximum absolute atomic E-state index is 11.8. The number of amides is 1. The lowest BCUT2D eigenvalue weighted by Crippen LogP contribution is -2.20. The average molecular weight is 291 g/mol. The molecule has 0 aliphatic carbocycles. The van der Waals surface area contributed by atoms with Gasteiger partial charge in [-0.1, -0.05) is 35.9 Å². The van der Waals surface area contributed by atoms with E-state index in [0.29, 0.717) is 23.0 Å². The van der Waals surface area contributed by atoms with Gasteiger partial charge in [-0.25, -0.2) is 0 Å². The predicted octanol–water partition coefficient (Wildman–Crippen LogP) is 2.82. The number of anilines is 1. The van der Waals surface area contributed by atoms with Crippen LogP contribution in [0.15, 0.2) is 48.5 Å². The molecule has 0 aliphatic heterocycles. The van der Waals surface area contributed by atoms with Crippen molar-refractivity contribution in [3.8, 4) is 5.75 Å². The van der Waals surface area contributed by atoms with Crippen molar-refractivity contribution in [2.45, 2.75) is 6.54 Å². The van der Waals surface area contributed by atoms with Gasteiger partial charge in [-0.15, -0.1) is 0 Å². The van der Waals surface area contributed by atoms with Crippen LogP contribution in [0.4, 0.5) is 5.69 Å². The van der Waals surface area contributed by atoms with Crippen molar-refractivity contribution in [2.24, 2.45) is 5.73 Å². The standard InChI is InChI=1S/C15H15ClN2O2/c16-13-6-1-2-7-14(13)18-15(19)10-20-12-5-3-4-11(8-12)9-17/h1-8H,9-10,17H2,(H,18,19). The summed E-state index contributed by atoms with van der Waals surface area (Å²) in [5.74, 6) is 0.346. The number of carbonyl (C=O) groups excluding carboxylic acids is 1. The Kier molecular flexibility index (Phi) is 4.98. The molecule has 104 valence electrons. The highest BCUT2D eigenvalue weighted by atomic mass is 35.5. The summed E-state index contributed by atoms with van der Waals surface area (Å²) in [7, 11) is 0. The summed E-state index contributed by atoms with van der Waals surface area (Å²) in [6.45, 7) is 0.349. The van der Waals surface area contributed by atoms with Crippen LogP contribution in [-0.2, 0) is 11.3 Å². The van der Waals surface area contributed by atoms with Crippen LogP contribution < -0.4 is 15.8 Å². The van der Waals surface area contributed by atoms with E-state index in [0.717, 1.165) is 5.56 Å². The van der Waals surface area contributed by atoms with Gasteiger partial charge in [-0.05, 0) is 29.8 Å². The van der Waals surface area contributed by atoms with Crippen LogP contribution in [-0.4, -0.2) is 12.5 Å². The van der Waals surface area contributed by atoms with Gasteiger partial charge in [-0.2, -0.15) is 0 Å². The van der Waals surface area contributed by atoms with Crippen LogP contribution in [0, 0.1) is 0 Å². The number of nitrogens with two attached hydrogens (primary N) is 1. The second-order valence-corrected chi connectivity index (χ2v) is 4.58. The van der Waals surface area contributed by atoms with Gasteiger partial charge >= 0.3 is 0 Å². The van der Waals surface area contributed by atoms with E-state index in [1.54, 1.807) is 30.3 Å². The summed E-state index contributed by atoms with van der Waals surface area (Å²) in [5, 5.41) is 3.18. The number of hydrogen-bond donors (Lipinski definition) is 2. The molecule has 2 rings (SSSR count). The summed E-state index contributed by atoms with van der Waals surface area (Å²) in [6, 6.07) is 14.4. The summed E-state index contributed by atoms with van der Waals surface area (Å²) in [5.41, 5.74) is 7.06. The third-order valence-corrected chi connectivity index (χ3v) is 2.98. The second-order valence-electron chi connectivity index (χ2n) is 4.17. The SMILES string of the molecule is NCc1cccc(OCC(=O)Nc2ccccc2Cl)c1. The van der Waals surface area contributed by atoms with Crippen molar-refractivity contribution >= 4 is 23.2 Å². The molecule has 0 saturated carbocycles. The van der Waals surface area contributed by atoms with Crippen molar-refractivity contribution < 1.29 is 9.53 Å². The average Bonchev–Trinajstić information content (AvgIpc) is 2.48. The Hall–Kier alpha value is -2.04. The minimum absolute atomic E-state index is 0.0841. The Morgan fingerprint density at radius 2 is 2.00 bits per heavy atom. The van der Waals surface area contributed by atoms with E-state index < -0.39 is 0 Å². The van der Waals surface area contributed by atoms with Crippen LogP contribution in [0.25, 0.3) is 0 Å². The molecule has 2 aromatic rings. The molecule has 20 heavy (non-hydrogen) atoms. The van der Waals surface area contributed by atoms with Crippen molar-refractivity contribution in [3.63, 3.8) is 0 Å². The van der Waals surface area contributed by atoms with Gasteiger partial charge in [0.05, 0.1) is 10.7 Å². The van der Waals surface area contributed by atoms with Crippen molar-refractivity contribution in [1.82, 2.24) is 0 Å². The highest BCUT2D eigenvalue weighted by Crippen LogP contribution is 2.20. The molecule has 0 heterocycles. The van der Waals surface area contributed by atoms with Crippen molar-refractivity contribution in [2.75, 3.05) is 11.9 Å². The maximum atomic E-state index is 11.8. The quantitative estimate of drug-likeness (QED) is 0.890. The molecule has 2 aromatic carbocycles. The van der Waals surface area contributed by atoms with E-state index in [1.165, 1.54) is 0 Å². The fraction of sp³-hybridized carbons (Fsp3) is 0.133. The second kappa shape index (κ2) is 6.93. The number of rotatable bonds is 5. The van der Waals surface area contributed by atoms with Crippen LogP contribution >= 0.6 is 11.6 Å². The largest absolute Gasteiger partial charge is 0.484 e. The van der Waals surface area contributed by atoms with Crippen LogP contribution in [0.1, 0.15) is 5.56 Å². The first-order valence-electron chi connectivity index (χ1n) is 6.15. The van der Waals surface area contributed by atoms with Gasteiger partial charge in [0.25, 0.3) is 5.91 Å². The van der Waals surface area contributed by atoms with Crippen molar-refractivity contribution in [1.29, 1.82) is 0 Å².